The first-order valence-corrected chi connectivity index (χ1v) is 8.59. The number of hydrogen-bond acceptors (Lipinski definition) is 5. The van der Waals surface area contributed by atoms with Gasteiger partial charge in [0.15, 0.2) is 22.2 Å². The molecule has 0 radical (unpaired) electrons. The Kier molecular flexibility index (Phi) is 3.59. The van der Waals surface area contributed by atoms with E-state index in [9.17, 15) is 26.7 Å². The summed E-state index contributed by atoms with van der Waals surface area (Å²) in [5.74, 6) is -0.286. The minimum atomic E-state index is -3.82. The zero-order chi connectivity index (χ0) is 16.2. The number of aromatic nitrogens is 1. The van der Waals surface area contributed by atoms with Crippen molar-refractivity contribution < 1.29 is 31.4 Å². The van der Waals surface area contributed by atoms with Crippen molar-refractivity contribution >= 4 is 9.84 Å². The first-order chi connectivity index (χ1) is 10.2. The Morgan fingerprint density at radius 2 is 1.91 bits per heavy atom. The molecule has 0 spiro atoms. The molecule has 5 nitrogen and oxygen atoms in total. The van der Waals surface area contributed by atoms with E-state index in [0.29, 0.717) is 0 Å². The highest BCUT2D eigenvalue weighted by Crippen LogP contribution is 2.49. The number of aliphatic hydroxyl groups is 1. The SMILES string of the molecule is CS(=O)(=O)c1cnc(OC2CC(F)C2)c2c1[C@H](O)[C@H](F)[C@@H]2F. The highest BCUT2D eigenvalue weighted by atomic mass is 32.2. The Morgan fingerprint density at radius 3 is 2.45 bits per heavy atom. The first-order valence-electron chi connectivity index (χ1n) is 6.70. The van der Waals surface area contributed by atoms with Crippen LogP contribution in [-0.4, -0.2) is 43.2 Å². The van der Waals surface area contributed by atoms with Gasteiger partial charge in [-0.1, -0.05) is 0 Å². The fraction of sp³-hybridized carbons (Fsp3) is 0.615. The third kappa shape index (κ3) is 2.36. The first kappa shape index (κ1) is 15.5. The predicted molar refractivity (Wildman–Crippen MR) is 69.6 cm³/mol. The number of aliphatic hydroxyl groups excluding tert-OH is 1. The van der Waals surface area contributed by atoms with Gasteiger partial charge in [-0.25, -0.2) is 26.6 Å². The fourth-order valence-electron chi connectivity index (χ4n) is 2.70. The van der Waals surface area contributed by atoms with Gasteiger partial charge in [0, 0.05) is 30.9 Å². The molecule has 1 N–H and O–H groups in total. The van der Waals surface area contributed by atoms with Gasteiger partial charge < -0.3 is 9.84 Å². The summed E-state index contributed by atoms with van der Waals surface area (Å²) in [6.45, 7) is 0. The molecule has 2 aliphatic rings. The van der Waals surface area contributed by atoms with Gasteiger partial charge in [-0.3, -0.25) is 0 Å². The quantitative estimate of drug-likeness (QED) is 0.909. The lowest BCUT2D eigenvalue weighted by Crippen LogP contribution is -2.35. The number of alkyl halides is 3. The van der Waals surface area contributed by atoms with E-state index in [2.05, 4.69) is 4.98 Å². The number of sulfone groups is 1. The molecule has 3 rings (SSSR count). The molecule has 0 bridgehead atoms. The van der Waals surface area contributed by atoms with Gasteiger partial charge in [-0.15, -0.1) is 0 Å². The summed E-state index contributed by atoms with van der Waals surface area (Å²) in [6, 6.07) is 0. The number of rotatable bonds is 3. The number of halogens is 3. The summed E-state index contributed by atoms with van der Waals surface area (Å²) >= 11 is 0. The third-order valence-corrected chi connectivity index (χ3v) is 5.08. The van der Waals surface area contributed by atoms with Crippen LogP contribution in [0.4, 0.5) is 13.2 Å². The van der Waals surface area contributed by atoms with Crippen LogP contribution in [0.5, 0.6) is 5.88 Å². The highest BCUT2D eigenvalue weighted by molar-refractivity contribution is 7.90. The largest absolute Gasteiger partial charge is 0.474 e. The monoisotopic (exact) mass is 337 g/mol. The molecule has 1 heterocycles. The Balaban J connectivity index is 2.08. The van der Waals surface area contributed by atoms with Gasteiger partial charge in [0.1, 0.15) is 18.4 Å². The van der Waals surface area contributed by atoms with Gasteiger partial charge in [0.25, 0.3) is 0 Å². The predicted octanol–water partition coefficient (Wildman–Crippen LogP) is 1.76. The van der Waals surface area contributed by atoms with E-state index in [1.807, 2.05) is 0 Å². The van der Waals surface area contributed by atoms with Crippen molar-refractivity contribution in [1.82, 2.24) is 4.98 Å². The molecular weight excluding hydrogens is 323 g/mol. The Bertz CT molecular complexity index is 705. The summed E-state index contributed by atoms with van der Waals surface area (Å²) in [5.41, 5.74) is -0.756. The van der Waals surface area contributed by atoms with Crippen molar-refractivity contribution in [3.8, 4) is 5.88 Å². The molecule has 9 heteroatoms. The second-order valence-corrected chi connectivity index (χ2v) is 7.61. The molecule has 22 heavy (non-hydrogen) atoms. The second-order valence-electron chi connectivity index (χ2n) is 5.63. The zero-order valence-corrected chi connectivity index (χ0v) is 12.4. The molecule has 1 saturated carbocycles. The number of nitrogens with zero attached hydrogens (tertiary/aromatic N) is 1. The summed E-state index contributed by atoms with van der Waals surface area (Å²) in [6.07, 6.45) is -5.97. The van der Waals surface area contributed by atoms with Gasteiger partial charge >= 0.3 is 0 Å². The molecule has 0 aliphatic heterocycles. The Labute approximate surface area is 125 Å². The van der Waals surface area contributed by atoms with Crippen molar-refractivity contribution in [2.75, 3.05) is 6.26 Å². The summed E-state index contributed by atoms with van der Waals surface area (Å²) in [4.78, 5) is 3.31. The lowest BCUT2D eigenvalue weighted by Gasteiger charge is -2.30. The van der Waals surface area contributed by atoms with Crippen LogP contribution in [0.1, 0.15) is 36.2 Å². The molecule has 0 aromatic carbocycles. The average Bonchev–Trinajstić information content (AvgIpc) is 2.62. The van der Waals surface area contributed by atoms with E-state index in [1.54, 1.807) is 0 Å². The summed E-state index contributed by atoms with van der Waals surface area (Å²) in [5, 5.41) is 9.81. The van der Waals surface area contributed by atoms with E-state index in [4.69, 9.17) is 4.74 Å². The zero-order valence-electron chi connectivity index (χ0n) is 11.5. The molecule has 1 aromatic rings. The van der Waals surface area contributed by atoms with Crippen LogP contribution in [0, 0.1) is 0 Å². The fourth-order valence-corrected chi connectivity index (χ4v) is 3.57. The Morgan fingerprint density at radius 1 is 1.27 bits per heavy atom. The van der Waals surface area contributed by atoms with Crippen LogP contribution in [-0.2, 0) is 9.84 Å². The standard InChI is InChI=1S/C13H14F3NO4S/c1-22(19,20)7-4-17-13(21-6-2-5(14)3-6)9-8(7)12(18)11(16)10(9)15/h4-6,10-12,18H,2-3H2,1H3/t5?,6?,10-,11-,12+/m1/s1. The molecule has 1 aromatic heterocycles. The molecule has 1 fully saturated rings. The van der Waals surface area contributed by atoms with Gasteiger partial charge in [0.2, 0.25) is 5.88 Å². The van der Waals surface area contributed by atoms with E-state index >= 15 is 0 Å². The Hall–Kier alpha value is -1.35. The van der Waals surface area contributed by atoms with E-state index in [-0.39, 0.29) is 24.3 Å². The van der Waals surface area contributed by atoms with Crippen LogP contribution in [0.3, 0.4) is 0 Å². The van der Waals surface area contributed by atoms with Crippen LogP contribution in [0.2, 0.25) is 0 Å². The normalized spacial score (nSPS) is 34.1. The number of hydrogen-bond donors (Lipinski definition) is 1. The lowest BCUT2D eigenvalue weighted by molar-refractivity contribution is 0.0327. The summed E-state index contributed by atoms with van der Waals surface area (Å²) in [7, 11) is -3.82. The molecule has 3 atom stereocenters. The maximum atomic E-state index is 14.1. The minimum absolute atomic E-state index is 0.114. The van der Waals surface area contributed by atoms with Crippen LogP contribution in [0.15, 0.2) is 11.1 Å². The number of pyridine rings is 1. The van der Waals surface area contributed by atoms with Crippen molar-refractivity contribution in [1.29, 1.82) is 0 Å². The molecule has 0 saturated heterocycles. The number of ether oxygens (including phenoxy) is 1. The molecule has 0 unspecified atom stereocenters. The maximum absolute atomic E-state index is 14.1. The van der Waals surface area contributed by atoms with E-state index in [1.165, 1.54) is 0 Å². The van der Waals surface area contributed by atoms with Crippen molar-refractivity contribution in [3.05, 3.63) is 17.3 Å². The van der Waals surface area contributed by atoms with Gasteiger partial charge in [0.05, 0.1) is 10.5 Å². The van der Waals surface area contributed by atoms with Gasteiger partial charge in [-0.05, 0) is 0 Å². The van der Waals surface area contributed by atoms with Crippen LogP contribution >= 0.6 is 0 Å². The second kappa shape index (κ2) is 5.09. The molecule has 2 aliphatic carbocycles. The molecular formula is C13H14F3NO4S. The average molecular weight is 337 g/mol. The third-order valence-electron chi connectivity index (χ3n) is 3.95. The molecule has 0 amide bonds. The smallest absolute Gasteiger partial charge is 0.220 e. The summed E-state index contributed by atoms with van der Waals surface area (Å²) < 4.78 is 69.5. The highest BCUT2D eigenvalue weighted by Gasteiger charge is 2.47. The van der Waals surface area contributed by atoms with Crippen molar-refractivity contribution in [3.63, 3.8) is 0 Å². The minimum Gasteiger partial charge on any atom is -0.474 e. The maximum Gasteiger partial charge on any atom is 0.220 e. The van der Waals surface area contributed by atoms with Crippen molar-refractivity contribution in [2.24, 2.45) is 0 Å². The topological polar surface area (TPSA) is 76.5 Å². The lowest BCUT2D eigenvalue weighted by atomic mass is 9.93. The van der Waals surface area contributed by atoms with E-state index < -0.39 is 51.0 Å². The van der Waals surface area contributed by atoms with Crippen molar-refractivity contribution in [2.45, 2.75) is 48.5 Å². The van der Waals surface area contributed by atoms with Crippen LogP contribution < -0.4 is 4.74 Å². The van der Waals surface area contributed by atoms with E-state index in [0.717, 1.165) is 12.5 Å². The van der Waals surface area contributed by atoms with Crippen LogP contribution in [0.25, 0.3) is 0 Å². The van der Waals surface area contributed by atoms with Gasteiger partial charge in [-0.2, -0.15) is 0 Å². The molecule has 122 valence electrons. The number of fused-ring (bicyclic) bond motifs is 1.